The highest BCUT2D eigenvalue weighted by Gasteiger charge is 2.17. The lowest BCUT2D eigenvalue weighted by Gasteiger charge is -2.03. The molecule has 0 aromatic heterocycles. The van der Waals surface area contributed by atoms with Crippen LogP contribution in [0.3, 0.4) is 0 Å². The summed E-state index contributed by atoms with van der Waals surface area (Å²) in [4.78, 5) is 20.8. The average molecular weight is 257 g/mol. The molecule has 0 aliphatic heterocycles. The highest BCUT2D eigenvalue weighted by molar-refractivity contribution is 7.85. The van der Waals surface area contributed by atoms with Gasteiger partial charge < -0.3 is 4.74 Å². The van der Waals surface area contributed by atoms with E-state index < -0.39 is 21.7 Å². The Morgan fingerprint density at radius 3 is 2.71 bits per heavy atom. The first kappa shape index (κ1) is 13.3. The minimum Gasteiger partial charge on any atom is -0.465 e. The van der Waals surface area contributed by atoms with Crippen molar-refractivity contribution in [3.05, 3.63) is 34.4 Å². The molecule has 0 fully saturated rings. The number of nitro groups is 1. The zero-order valence-corrected chi connectivity index (χ0v) is 9.94. The predicted octanol–water partition coefficient (Wildman–Crippen LogP) is 1.27. The van der Waals surface area contributed by atoms with Gasteiger partial charge in [0, 0.05) is 13.0 Å². The van der Waals surface area contributed by atoms with Crippen molar-refractivity contribution in [2.75, 3.05) is 12.4 Å². The third-order valence-electron chi connectivity index (χ3n) is 1.88. The minimum atomic E-state index is -1.55. The molecule has 0 saturated carbocycles. The van der Waals surface area contributed by atoms with Crippen LogP contribution in [0.4, 0.5) is 5.69 Å². The van der Waals surface area contributed by atoms with Gasteiger partial charge in [-0.3, -0.25) is 19.1 Å². The van der Waals surface area contributed by atoms with Gasteiger partial charge in [-0.2, -0.15) is 0 Å². The highest BCUT2D eigenvalue weighted by atomic mass is 32.2. The fraction of sp³-hybridized carbons (Fsp3) is 0.300. The summed E-state index contributed by atoms with van der Waals surface area (Å²) in [5.41, 5.74) is -0.186. The monoisotopic (exact) mass is 257 g/mol. The van der Waals surface area contributed by atoms with E-state index in [9.17, 15) is 19.1 Å². The van der Waals surface area contributed by atoms with E-state index in [2.05, 4.69) is 4.74 Å². The second-order valence-corrected chi connectivity index (χ2v) is 4.65. The number of hydrogen-bond acceptors (Lipinski definition) is 5. The van der Waals surface area contributed by atoms with Gasteiger partial charge in [0.1, 0.15) is 11.5 Å². The van der Waals surface area contributed by atoms with Gasteiger partial charge in [-0.05, 0) is 6.07 Å². The second kappa shape index (κ2) is 6.09. The number of rotatable bonds is 5. The standard InChI is InChI=1S/C10H11NO5S/c1-8(12)16-6-7-17(15)10-5-3-2-4-9(10)11(13)14/h2-5H,6-7H2,1H3. The van der Waals surface area contributed by atoms with Crippen LogP contribution in [0.1, 0.15) is 6.92 Å². The van der Waals surface area contributed by atoms with Crippen LogP contribution in [0.15, 0.2) is 29.2 Å². The molecule has 1 atom stereocenters. The second-order valence-electron chi connectivity index (χ2n) is 3.11. The SMILES string of the molecule is CC(=O)OCCS(=O)c1ccccc1[N+](=O)[O-]. The van der Waals surface area contributed by atoms with E-state index in [1.807, 2.05) is 0 Å². The van der Waals surface area contributed by atoms with Gasteiger partial charge in [0.05, 0.1) is 21.5 Å². The van der Waals surface area contributed by atoms with Gasteiger partial charge in [-0.15, -0.1) is 0 Å². The number of esters is 1. The van der Waals surface area contributed by atoms with Crippen molar-refractivity contribution in [3.8, 4) is 0 Å². The summed E-state index contributed by atoms with van der Waals surface area (Å²) < 4.78 is 16.4. The fourth-order valence-electron chi connectivity index (χ4n) is 1.17. The molecule has 0 aliphatic rings. The van der Waals surface area contributed by atoms with E-state index in [0.29, 0.717) is 0 Å². The number of carbonyl (C=O) groups is 1. The minimum absolute atomic E-state index is 0.0198. The van der Waals surface area contributed by atoms with Gasteiger partial charge in [0.2, 0.25) is 0 Å². The molecule has 1 aromatic carbocycles. The molecule has 0 amide bonds. The number of hydrogen-bond donors (Lipinski definition) is 0. The van der Waals surface area contributed by atoms with Crippen LogP contribution < -0.4 is 0 Å². The lowest BCUT2D eigenvalue weighted by molar-refractivity contribution is -0.387. The molecule has 0 N–H and O–H groups in total. The third kappa shape index (κ3) is 3.95. The number of ether oxygens (including phenoxy) is 1. The van der Waals surface area contributed by atoms with Gasteiger partial charge in [0.15, 0.2) is 0 Å². The molecule has 17 heavy (non-hydrogen) atoms. The summed E-state index contributed by atoms with van der Waals surface area (Å²) in [6.07, 6.45) is 0. The number of carbonyl (C=O) groups excluding carboxylic acids is 1. The molecule has 0 heterocycles. The van der Waals surface area contributed by atoms with Gasteiger partial charge in [-0.1, -0.05) is 12.1 Å². The summed E-state index contributed by atoms with van der Waals surface area (Å²) >= 11 is 0. The fourth-order valence-corrected chi connectivity index (χ4v) is 2.23. The maximum absolute atomic E-state index is 11.8. The van der Waals surface area contributed by atoms with E-state index in [1.165, 1.54) is 25.1 Å². The van der Waals surface area contributed by atoms with Crippen molar-refractivity contribution >= 4 is 22.5 Å². The first-order chi connectivity index (χ1) is 8.02. The first-order valence-corrected chi connectivity index (χ1v) is 6.09. The first-order valence-electron chi connectivity index (χ1n) is 4.77. The molecule has 0 radical (unpaired) electrons. The highest BCUT2D eigenvalue weighted by Crippen LogP contribution is 2.21. The topological polar surface area (TPSA) is 86.5 Å². The Labute approximate surface area is 100 Å². The van der Waals surface area contributed by atoms with E-state index >= 15 is 0 Å². The van der Waals surface area contributed by atoms with Crippen LogP contribution in [0.5, 0.6) is 0 Å². The maximum atomic E-state index is 11.8. The Morgan fingerprint density at radius 1 is 1.47 bits per heavy atom. The molecule has 1 aromatic rings. The maximum Gasteiger partial charge on any atom is 0.302 e. The van der Waals surface area contributed by atoms with Crippen molar-refractivity contribution in [1.82, 2.24) is 0 Å². The predicted molar refractivity (Wildman–Crippen MR) is 61.0 cm³/mol. The van der Waals surface area contributed by atoms with Crippen LogP contribution >= 0.6 is 0 Å². The quantitative estimate of drug-likeness (QED) is 0.450. The summed E-state index contributed by atoms with van der Waals surface area (Å²) in [5.74, 6) is -0.422. The zero-order chi connectivity index (χ0) is 12.8. The van der Waals surface area contributed by atoms with Crippen LogP contribution in [0, 0.1) is 10.1 Å². The lowest BCUT2D eigenvalue weighted by Crippen LogP contribution is -2.10. The molecule has 1 unspecified atom stereocenters. The Hall–Kier alpha value is -1.76. The number of para-hydroxylation sites is 1. The number of nitro benzene ring substituents is 1. The number of nitrogens with zero attached hydrogens (tertiary/aromatic N) is 1. The largest absolute Gasteiger partial charge is 0.465 e. The number of benzene rings is 1. The molecule has 0 aliphatic carbocycles. The summed E-state index contributed by atoms with van der Waals surface area (Å²) in [6, 6.07) is 5.80. The Balaban J connectivity index is 2.75. The van der Waals surface area contributed by atoms with Crippen molar-refractivity contribution in [2.24, 2.45) is 0 Å². The molecule has 6 nitrogen and oxygen atoms in total. The molecule has 92 valence electrons. The van der Waals surface area contributed by atoms with Crippen molar-refractivity contribution < 1.29 is 18.7 Å². The summed E-state index contributed by atoms with van der Waals surface area (Å²) in [7, 11) is -1.55. The Bertz CT molecular complexity index is 460. The molecular weight excluding hydrogens is 246 g/mol. The van der Waals surface area contributed by atoms with Gasteiger partial charge in [-0.25, -0.2) is 0 Å². The van der Waals surface area contributed by atoms with Crippen LogP contribution in [0.25, 0.3) is 0 Å². The van der Waals surface area contributed by atoms with Crippen LogP contribution in [0.2, 0.25) is 0 Å². The Kier molecular flexibility index (Phi) is 4.77. The van der Waals surface area contributed by atoms with Gasteiger partial charge >= 0.3 is 5.97 Å². The van der Waals surface area contributed by atoms with E-state index in [0.717, 1.165) is 0 Å². The molecule has 1 rings (SSSR count). The van der Waals surface area contributed by atoms with E-state index in [1.54, 1.807) is 6.07 Å². The molecule has 0 spiro atoms. The third-order valence-corrected chi connectivity index (χ3v) is 3.25. The molecule has 7 heteroatoms. The van der Waals surface area contributed by atoms with E-state index in [-0.39, 0.29) is 22.9 Å². The van der Waals surface area contributed by atoms with Crippen LogP contribution in [-0.2, 0) is 20.3 Å². The molecular formula is C10H11NO5S. The Morgan fingerprint density at radius 2 is 2.12 bits per heavy atom. The summed E-state index contributed by atoms with van der Waals surface area (Å²) in [6.45, 7) is 1.22. The normalized spacial score (nSPS) is 11.8. The van der Waals surface area contributed by atoms with Crippen molar-refractivity contribution in [3.63, 3.8) is 0 Å². The lowest BCUT2D eigenvalue weighted by atomic mass is 10.3. The van der Waals surface area contributed by atoms with Gasteiger partial charge in [0.25, 0.3) is 5.69 Å². The smallest absolute Gasteiger partial charge is 0.302 e. The van der Waals surface area contributed by atoms with Crippen molar-refractivity contribution in [2.45, 2.75) is 11.8 Å². The van der Waals surface area contributed by atoms with Crippen LogP contribution in [-0.4, -0.2) is 27.5 Å². The molecule has 0 bridgehead atoms. The average Bonchev–Trinajstić information content (AvgIpc) is 2.28. The van der Waals surface area contributed by atoms with E-state index in [4.69, 9.17) is 0 Å². The van der Waals surface area contributed by atoms with Crippen molar-refractivity contribution in [1.29, 1.82) is 0 Å². The summed E-state index contributed by atoms with van der Waals surface area (Å²) in [5, 5.41) is 10.7. The molecule has 0 saturated heterocycles. The zero-order valence-electron chi connectivity index (χ0n) is 9.12.